The molecule has 1 aromatic rings. The molecule has 0 aliphatic rings. The molecule has 0 atom stereocenters. The standard InChI is InChI=1S/C11H14F3NO/c1-2-16-7-3-6-15-9-5-4-8(12)10(13)11(9)14/h4-5,15H,2-3,6-7H2,1H3. The van der Waals surface area contributed by atoms with Gasteiger partial charge < -0.3 is 10.1 Å². The molecule has 0 aliphatic heterocycles. The molecule has 0 spiro atoms. The predicted octanol–water partition coefficient (Wildman–Crippen LogP) is 2.94. The second-order valence-corrected chi connectivity index (χ2v) is 3.20. The van der Waals surface area contributed by atoms with E-state index in [-0.39, 0.29) is 5.69 Å². The minimum atomic E-state index is -1.45. The predicted molar refractivity (Wildman–Crippen MR) is 55.9 cm³/mol. The van der Waals surface area contributed by atoms with E-state index in [9.17, 15) is 13.2 Å². The molecule has 16 heavy (non-hydrogen) atoms. The molecule has 0 fully saturated rings. The second-order valence-electron chi connectivity index (χ2n) is 3.20. The summed E-state index contributed by atoms with van der Waals surface area (Å²) >= 11 is 0. The monoisotopic (exact) mass is 233 g/mol. The van der Waals surface area contributed by atoms with Crippen molar-refractivity contribution < 1.29 is 17.9 Å². The summed E-state index contributed by atoms with van der Waals surface area (Å²) in [4.78, 5) is 0. The Hall–Kier alpha value is -1.23. The van der Waals surface area contributed by atoms with Crippen molar-refractivity contribution in [2.45, 2.75) is 13.3 Å². The quantitative estimate of drug-likeness (QED) is 0.602. The van der Waals surface area contributed by atoms with Gasteiger partial charge in [-0.3, -0.25) is 0 Å². The first-order chi connectivity index (χ1) is 7.66. The molecule has 0 radical (unpaired) electrons. The number of halogens is 3. The summed E-state index contributed by atoms with van der Waals surface area (Å²) in [5, 5.41) is 2.68. The molecule has 0 heterocycles. The molecule has 1 N–H and O–H groups in total. The fourth-order valence-electron chi connectivity index (χ4n) is 1.20. The number of benzene rings is 1. The minimum absolute atomic E-state index is 0.0320. The maximum atomic E-state index is 13.1. The Morgan fingerprint density at radius 1 is 1.19 bits per heavy atom. The Labute approximate surface area is 92.4 Å². The third-order valence-electron chi connectivity index (χ3n) is 2.02. The third-order valence-corrected chi connectivity index (χ3v) is 2.02. The van der Waals surface area contributed by atoms with Crippen molar-refractivity contribution in [2.24, 2.45) is 0 Å². The van der Waals surface area contributed by atoms with E-state index in [2.05, 4.69) is 5.32 Å². The van der Waals surface area contributed by atoms with Crippen molar-refractivity contribution >= 4 is 5.69 Å². The Balaban J connectivity index is 2.45. The van der Waals surface area contributed by atoms with Crippen molar-refractivity contribution in [3.05, 3.63) is 29.6 Å². The van der Waals surface area contributed by atoms with E-state index in [0.717, 1.165) is 6.07 Å². The number of nitrogens with one attached hydrogen (secondary N) is 1. The van der Waals surface area contributed by atoms with Gasteiger partial charge in [0.25, 0.3) is 0 Å². The van der Waals surface area contributed by atoms with Gasteiger partial charge in [0, 0.05) is 19.8 Å². The zero-order chi connectivity index (χ0) is 12.0. The Kier molecular flexibility index (Phi) is 5.11. The van der Waals surface area contributed by atoms with E-state index in [1.807, 2.05) is 6.92 Å². The van der Waals surface area contributed by atoms with Crippen molar-refractivity contribution in [3.8, 4) is 0 Å². The normalized spacial score (nSPS) is 10.5. The molecule has 1 rings (SSSR count). The molecule has 0 saturated heterocycles. The van der Waals surface area contributed by atoms with E-state index in [1.54, 1.807) is 0 Å². The molecule has 0 aliphatic carbocycles. The lowest BCUT2D eigenvalue weighted by atomic mass is 10.2. The molecule has 5 heteroatoms. The van der Waals surface area contributed by atoms with Crippen LogP contribution in [0.3, 0.4) is 0 Å². The summed E-state index contributed by atoms with van der Waals surface area (Å²) in [6, 6.07) is 2.07. The molecule has 0 unspecified atom stereocenters. The molecule has 90 valence electrons. The lowest BCUT2D eigenvalue weighted by Gasteiger charge is -2.08. The summed E-state index contributed by atoms with van der Waals surface area (Å²) in [5.74, 6) is -3.82. The minimum Gasteiger partial charge on any atom is -0.383 e. The fraction of sp³-hybridized carbons (Fsp3) is 0.455. The molecule has 0 aromatic heterocycles. The molecule has 2 nitrogen and oxygen atoms in total. The number of hydrogen-bond acceptors (Lipinski definition) is 2. The van der Waals surface area contributed by atoms with Gasteiger partial charge in [0.05, 0.1) is 5.69 Å². The highest BCUT2D eigenvalue weighted by Crippen LogP contribution is 2.19. The van der Waals surface area contributed by atoms with E-state index in [1.165, 1.54) is 6.07 Å². The Morgan fingerprint density at radius 2 is 1.94 bits per heavy atom. The van der Waals surface area contributed by atoms with Crippen LogP contribution in [-0.2, 0) is 4.74 Å². The maximum Gasteiger partial charge on any atom is 0.196 e. The first-order valence-electron chi connectivity index (χ1n) is 5.12. The summed E-state index contributed by atoms with van der Waals surface area (Å²) in [5.41, 5.74) is -0.0320. The van der Waals surface area contributed by atoms with Crippen LogP contribution in [0.2, 0.25) is 0 Å². The summed E-state index contributed by atoms with van der Waals surface area (Å²) < 4.78 is 43.6. The van der Waals surface area contributed by atoms with Crippen molar-refractivity contribution in [1.82, 2.24) is 0 Å². The van der Waals surface area contributed by atoms with Gasteiger partial charge in [-0.2, -0.15) is 0 Å². The van der Waals surface area contributed by atoms with Gasteiger partial charge in [0.2, 0.25) is 0 Å². The number of rotatable bonds is 6. The Morgan fingerprint density at radius 3 is 2.62 bits per heavy atom. The van der Waals surface area contributed by atoms with E-state index in [0.29, 0.717) is 26.2 Å². The summed E-state index contributed by atoms with van der Waals surface area (Å²) in [6.07, 6.45) is 0.673. The van der Waals surface area contributed by atoms with Gasteiger partial charge in [-0.25, -0.2) is 13.2 Å². The second kappa shape index (κ2) is 6.37. The summed E-state index contributed by atoms with van der Waals surface area (Å²) in [7, 11) is 0. The van der Waals surface area contributed by atoms with Crippen LogP contribution in [0.25, 0.3) is 0 Å². The lowest BCUT2D eigenvalue weighted by molar-refractivity contribution is 0.147. The van der Waals surface area contributed by atoms with Crippen LogP contribution in [0.1, 0.15) is 13.3 Å². The highest BCUT2D eigenvalue weighted by molar-refractivity contribution is 5.45. The van der Waals surface area contributed by atoms with Gasteiger partial charge in [0.15, 0.2) is 17.5 Å². The van der Waals surface area contributed by atoms with Crippen LogP contribution in [0, 0.1) is 17.5 Å². The Bertz CT molecular complexity index is 344. The zero-order valence-electron chi connectivity index (χ0n) is 9.03. The van der Waals surface area contributed by atoms with Crippen molar-refractivity contribution in [1.29, 1.82) is 0 Å². The first kappa shape index (κ1) is 12.8. The van der Waals surface area contributed by atoms with Crippen LogP contribution in [0.5, 0.6) is 0 Å². The molecular weight excluding hydrogens is 219 g/mol. The van der Waals surface area contributed by atoms with E-state index in [4.69, 9.17) is 4.74 Å². The van der Waals surface area contributed by atoms with Gasteiger partial charge in [-0.1, -0.05) is 0 Å². The average Bonchev–Trinajstić information content (AvgIpc) is 2.28. The van der Waals surface area contributed by atoms with Crippen LogP contribution < -0.4 is 5.32 Å². The zero-order valence-corrected chi connectivity index (χ0v) is 9.03. The van der Waals surface area contributed by atoms with Crippen LogP contribution in [0.4, 0.5) is 18.9 Å². The molecule has 0 amide bonds. The summed E-state index contributed by atoms with van der Waals surface area (Å²) in [6.45, 7) is 3.50. The largest absolute Gasteiger partial charge is 0.383 e. The topological polar surface area (TPSA) is 21.3 Å². The third kappa shape index (κ3) is 3.41. The van der Waals surface area contributed by atoms with Crippen LogP contribution >= 0.6 is 0 Å². The molecule has 1 aromatic carbocycles. The van der Waals surface area contributed by atoms with Crippen LogP contribution in [0.15, 0.2) is 12.1 Å². The number of hydrogen-bond donors (Lipinski definition) is 1. The molecule has 0 bridgehead atoms. The van der Waals surface area contributed by atoms with E-state index < -0.39 is 17.5 Å². The van der Waals surface area contributed by atoms with Gasteiger partial charge in [0.1, 0.15) is 0 Å². The van der Waals surface area contributed by atoms with Gasteiger partial charge >= 0.3 is 0 Å². The highest BCUT2D eigenvalue weighted by Gasteiger charge is 2.12. The van der Waals surface area contributed by atoms with Gasteiger partial charge in [-0.15, -0.1) is 0 Å². The molecule has 0 saturated carbocycles. The van der Waals surface area contributed by atoms with Crippen LogP contribution in [-0.4, -0.2) is 19.8 Å². The number of anilines is 1. The fourth-order valence-corrected chi connectivity index (χ4v) is 1.20. The lowest BCUT2D eigenvalue weighted by Crippen LogP contribution is -2.08. The highest BCUT2D eigenvalue weighted by atomic mass is 19.2. The SMILES string of the molecule is CCOCCCNc1ccc(F)c(F)c1F. The number of ether oxygens (including phenoxy) is 1. The van der Waals surface area contributed by atoms with Crippen molar-refractivity contribution in [2.75, 3.05) is 25.1 Å². The van der Waals surface area contributed by atoms with Gasteiger partial charge in [-0.05, 0) is 25.5 Å². The van der Waals surface area contributed by atoms with E-state index >= 15 is 0 Å². The maximum absolute atomic E-state index is 13.1. The smallest absolute Gasteiger partial charge is 0.196 e. The average molecular weight is 233 g/mol. The van der Waals surface area contributed by atoms with Crippen molar-refractivity contribution in [3.63, 3.8) is 0 Å². The molecular formula is C11H14F3NO. The first-order valence-corrected chi connectivity index (χ1v) is 5.12.